The number of carbonyl (C=O) groups excluding carboxylic acids is 1. The summed E-state index contributed by atoms with van der Waals surface area (Å²) in [6.45, 7) is 3.66. The van der Waals surface area contributed by atoms with Crippen LogP contribution in [0, 0.1) is 5.92 Å². The Bertz CT molecular complexity index is 607. The molecule has 0 saturated carbocycles. The van der Waals surface area contributed by atoms with E-state index in [-0.39, 0.29) is 24.9 Å². The van der Waals surface area contributed by atoms with Gasteiger partial charge in [-0.25, -0.2) is 4.79 Å². The maximum Gasteiger partial charge on any atom is 0.328 e. The third-order valence-corrected chi connectivity index (χ3v) is 3.97. The highest BCUT2D eigenvalue weighted by Gasteiger charge is 2.31. The maximum absolute atomic E-state index is 12.2. The summed E-state index contributed by atoms with van der Waals surface area (Å²) in [5, 5.41) is 0. The molecular formula is C14H22N4O3. The fourth-order valence-electron chi connectivity index (χ4n) is 2.77. The fraction of sp³-hybridized carbons (Fsp3) is 0.643. The zero-order valence-corrected chi connectivity index (χ0v) is 12.2. The number of aromatic amines is 1. The molecule has 0 unspecified atom stereocenters. The van der Waals surface area contributed by atoms with E-state index >= 15 is 0 Å². The minimum Gasteiger partial charge on any atom is -0.341 e. The van der Waals surface area contributed by atoms with Crippen LogP contribution >= 0.6 is 0 Å². The number of nitrogens with two attached hydrogens (primary N) is 1. The van der Waals surface area contributed by atoms with Crippen molar-refractivity contribution in [1.82, 2.24) is 14.5 Å². The van der Waals surface area contributed by atoms with Gasteiger partial charge >= 0.3 is 5.69 Å². The lowest BCUT2D eigenvalue weighted by atomic mass is 9.99. The van der Waals surface area contributed by atoms with Crippen molar-refractivity contribution in [2.24, 2.45) is 11.7 Å². The lowest BCUT2D eigenvalue weighted by Crippen LogP contribution is -2.34. The van der Waals surface area contributed by atoms with Crippen LogP contribution in [0.3, 0.4) is 0 Å². The third-order valence-electron chi connectivity index (χ3n) is 3.97. The molecule has 1 aliphatic rings. The van der Waals surface area contributed by atoms with Gasteiger partial charge in [-0.05, 0) is 12.3 Å². The van der Waals surface area contributed by atoms with E-state index in [2.05, 4.69) is 11.9 Å². The largest absolute Gasteiger partial charge is 0.341 e. The summed E-state index contributed by atoms with van der Waals surface area (Å²) in [4.78, 5) is 38.6. The summed E-state index contributed by atoms with van der Waals surface area (Å²) >= 11 is 0. The normalized spacial score (nSPS) is 21.7. The van der Waals surface area contributed by atoms with Gasteiger partial charge in [0, 0.05) is 44.4 Å². The first kappa shape index (κ1) is 15.5. The molecule has 0 radical (unpaired) electrons. The van der Waals surface area contributed by atoms with Crippen LogP contribution in [-0.4, -0.2) is 39.5 Å². The molecule has 1 amide bonds. The molecule has 3 N–H and O–H groups in total. The van der Waals surface area contributed by atoms with E-state index < -0.39 is 11.2 Å². The molecule has 1 fully saturated rings. The van der Waals surface area contributed by atoms with Crippen molar-refractivity contribution < 1.29 is 4.79 Å². The van der Waals surface area contributed by atoms with Crippen molar-refractivity contribution in [3.05, 3.63) is 33.1 Å². The Balaban J connectivity index is 1.90. The second-order valence-electron chi connectivity index (χ2n) is 5.56. The number of nitrogens with one attached hydrogen (secondary N) is 1. The van der Waals surface area contributed by atoms with Crippen molar-refractivity contribution in [3.63, 3.8) is 0 Å². The zero-order chi connectivity index (χ0) is 15.4. The Morgan fingerprint density at radius 3 is 2.86 bits per heavy atom. The number of nitrogens with zero attached hydrogens (tertiary/aromatic N) is 2. The van der Waals surface area contributed by atoms with E-state index in [1.54, 1.807) is 4.90 Å². The molecule has 21 heavy (non-hydrogen) atoms. The molecule has 116 valence electrons. The van der Waals surface area contributed by atoms with E-state index in [0.29, 0.717) is 19.0 Å². The highest BCUT2D eigenvalue weighted by molar-refractivity contribution is 5.76. The van der Waals surface area contributed by atoms with Gasteiger partial charge in [-0.1, -0.05) is 13.3 Å². The summed E-state index contributed by atoms with van der Waals surface area (Å²) in [5.41, 5.74) is 5.13. The molecule has 7 heteroatoms. The fourth-order valence-corrected chi connectivity index (χ4v) is 2.77. The van der Waals surface area contributed by atoms with Crippen LogP contribution in [0.15, 0.2) is 21.9 Å². The molecule has 7 nitrogen and oxygen atoms in total. The Labute approximate surface area is 122 Å². The number of carbonyl (C=O) groups is 1. The van der Waals surface area contributed by atoms with E-state index in [9.17, 15) is 14.4 Å². The molecule has 0 aliphatic carbocycles. The van der Waals surface area contributed by atoms with E-state index in [1.807, 2.05) is 0 Å². The zero-order valence-electron chi connectivity index (χ0n) is 12.2. The van der Waals surface area contributed by atoms with Gasteiger partial charge in [0.25, 0.3) is 5.56 Å². The Kier molecular flexibility index (Phi) is 4.95. The molecule has 1 aromatic heterocycles. The van der Waals surface area contributed by atoms with Crippen LogP contribution in [0.4, 0.5) is 0 Å². The molecule has 0 aromatic carbocycles. The average molecular weight is 294 g/mol. The van der Waals surface area contributed by atoms with Gasteiger partial charge in [0.15, 0.2) is 0 Å². The number of hydrogen-bond acceptors (Lipinski definition) is 4. The lowest BCUT2D eigenvalue weighted by molar-refractivity contribution is -0.130. The molecule has 2 heterocycles. The summed E-state index contributed by atoms with van der Waals surface area (Å²) in [6.07, 6.45) is 3.74. The first-order valence-electron chi connectivity index (χ1n) is 7.34. The first-order chi connectivity index (χ1) is 10.0. The van der Waals surface area contributed by atoms with Crippen LogP contribution in [0.25, 0.3) is 0 Å². The molecule has 0 bridgehead atoms. The van der Waals surface area contributed by atoms with Crippen molar-refractivity contribution in [3.8, 4) is 0 Å². The highest BCUT2D eigenvalue weighted by Crippen LogP contribution is 2.20. The average Bonchev–Trinajstić information content (AvgIpc) is 2.79. The first-order valence-corrected chi connectivity index (χ1v) is 7.34. The molecule has 1 aromatic rings. The standard InChI is InChI=1S/C14H22N4O3/c1-2-3-10-8-18(9-11(10)15)13(20)5-7-17-6-4-12(19)16-14(17)21/h4,6,10-11H,2-3,5,7-9,15H2,1H3,(H,16,19,21)/t10-,11-/m0/s1. The lowest BCUT2D eigenvalue weighted by Gasteiger charge is -2.16. The molecule has 0 spiro atoms. The minimum atomic E-state index is -0.489. The minimum absolute atomic E-state index is 0.00199. The van der Waals surface area contributed by atoms with Crippen molar-refractivity contribution in [2.45, 2.75) is 38.8 Å². The summed E-state index contributed by atoms with van der Waals surface area (Å²) in [7, 11) is 0. The van der Waals surface area contributed by atoms with Crippen LogP contribution in [0.5, 0.6) is 0 Å². The predicted molar refractivity (Wildman–Crippen MR) is 78.9 cm³/mol. The van der Waals surface area contributed by atoms with Gasteiger partial charge in [0.1, 0.15) is 0 Å². The number of H-pyrrole nitrogens is 1. The monoisotopic (exact) mass is 294 g/mol. The number of amides is 1. The van der Waals surface area contributed by atoms with Crippen LogP contribution in [-0.2, 0) is 11.3 Å². The van der Waals surface area contributed by atoms with Crippen molar-refractivity contribution >= 4 is 5.91 Å². The highest BCUT2D eigenvalue weighted by atomic mass is 16.2. The Morgan fingerprint density at radius 1 is 1.43 bits per heavy atom. The predicted octanol–water partition coefficient (Wildman–Crippen LogP) is -0.487. The van der Waals surface area contributed by atoms with E-state index in [0.717, 1.165) is 12.8 Å². The molecule has 2 rings (SSSR count). The van der Waals surface area contributed by atoms with Gasteiger partial charge in [-0.15, -0.1) is 0 Å². The molecule has 1 aliphatic heterocycles. The summed E-state index contributed by atoms with van der Waals surface area (Å²) in [6, 6.07) is 1.32. The Hall–Kier alpha value is -1.89. The maximum atomic E-state index is 12.2. The second kappa shape index (κ2) is 6.71. The molecular weight excluding hydrogens is 272 g/mol. The molecule has 2 atom stereocenters. The number of aryl methyl sites for hydroxylation is 1. The van der Waals surface area contributed by atoms with Crippen molar-refractivity contribution in [2.75, 3.05) is 13.1 Å². The number of likely N-dealkylation sites (tertiary alicyclic amines) is 1. The quantitative estimate of drug-likeness (QED) is 0.765. The number of hydrogen-bond donors (Lipinski definition) is 2. The topological polar surface area (TPSA) is 101 Å². The third kappa shape index (κ3) is 3.81. The summed E-state index contributed by atoms with van der Waals surface area (Å²) in [5.74, 6) is 0.372. The van der Waals surface area contributed by atoms with Gasteiger partial charge in [0.2, 0.25) is 5.91 Å². The van der Waals surface area contributed by atoms with Crippen LogP contribution in [0.1, 0.15) is 26.2 Å². The number of aromatic nitrogens is 2. The van der Waals surface area contributed by atoms with Crippen LogP contribution in [0.2, 0.25) is 0 Å². The van der Waals surface area contributed by atoms with Gasteiger partial charge < -0.3 is 15.2 Å². The molecule has 1 saturated heterocycles. The van der Waals surface area contributed by atoms with E-state index in [4.69, 9.17) is 5.73 Å². The second-order valence-corrected chi connectivity index (χ2v) is 5.56. The van der Waals surface area contributed by atoms with Crippen LogP contribution < -0.4 is 17.0 Å². The van der Waals surface area contributed by atoms with Crippen molar-refractivity contribution in [1.29, 1.82) is 0 Å². The van der Waals surface area contributed by atoms with Gasteiger partial charge in [0.05, 0.1) is 0 Å². The summed E-state index contributed by atoms with van der Waals surface area (Å²) < 4.78 is 1.33. The smallest absolute Gasteiger partial charge is 0.328 e. The van der Waals surface area contributed by atoms with Gasteiger partial charge in [-0.2, -0.15) is 0 Å². The number of rotatable bonds is 5. The Morgan fingerprint density at radius 2 is 2.19 bits per heavy atom. The van der Waals surface area contributed by atoms with Gasteiger partial charge in [-0.3, -0.25) is 14.6 Å². The SMILES string of the molecule is CCC[C@H]1CN(C(=O)CCn2ccc(=O)[nH]c2=O)C[C@@H]1N. The van der Waals surface area contributed by atoms with E-state index in [1.165, 1.54) is 16.8 Å².